The number of hydrogen-bond acceptors (Lipinski definition) is 6. The van der Waals surface area contributed by atoms with Gasteiger partial charge in [0.05, 0.1) is 0 Å². The lowest BCUT2D eigenvalue weighted by molar-refractivity contribution is 0.0471. The van der Waals surface area contributed by atoms with Gasteiger partial charge in [0.2, 0.25) is 0 Å². The van der Waals surface area contributed by atoms with E-state index in [1.54, 1.807) is 48.5 Å². The highest BCUT2D eigenvalue weighted by molar-refractivity contribution is 7.87. The first-order valence-electron chi connectivity index (χ1n) is 11.3. The lowest BCUT2D eigenvalue weighted by atomic mass is 10.2. The van der Waals surface area contributed by atoms with E-state index in [2.05, 4.69) is 10.6 Å². The third kappa shape index (κ3) is 6.96. The smallest absolute Gasteiger partial charge is 0.342 e. The Balaban J connectivity index is 1.59. The molecule has 0 spiro atoms. The van der Waals surface area contributed by atoms with Crippen LogP contribution in [0.3, 0.4) is 0 Å². The molecule has 188 valence electrons. The van der Waals surface area contributed by atoms with Crippen molar-refractivity contribution >= 4 is 33.5 Å². The summed E-state index contributed by atoms with van der Waals surface area (Å²) in [5, 5.41) is 5.28. The van der Waals surface area contributed by atoms with E-state index in [1.807, 2.05) is 31.2 Å². The Hall–Kier alpha value is -4.63. The first kappa shape index (κ1) is 25.5. The number of carbonyl (C=O) groups excluding carboxylic acids is 2. The lowest BCUT2D eigenvalue weighted by Crippen LogP contribution is -2.20. The van der Waals surface area contributed by atoms with Crippen LogP contribution in [0.25, 0.3) is 0 Å². The number of esters is 1. The molecule has 0 aromatic heterocycles. The van der Waals surface area contributed by atoms with E-state index in [-0.39, 0.29) is 28.5 Å². The summed E-state index contributed by atoms with van der Waals surface area (Å²) >= 11 is 0. The van der Waals surface area contributed by atoms with Crippen molar-refractivity contribution in [2.45, 2.75) is 18.4 Å². The van der Waals surface area contributed by atoms with Crippen LogP contribution in [-0.2, 0) is 21.5 Å². The van der Waals surface area contributed by atoms with Crippen LogP contribution in [0.1, 0.15) is 21.5 Å². The van der Waals surface area contributed by atoms with Gasteiger partial charge in [-0.1, -0.05) is 66.2 Å². The predicted molar refractivity (Wildman–Crippen MR) is 140 cm³/mol. The molecule has 4 rings (SSSR count). The van der Waals surface area contributed by atoms with Crippen molar-refractivity contribution in [3.63, 3.8) is 0 Å². The molecule has 0 unspecified atom stereocenters. The molecule has 0 saturated carbocycles. The van der Waals surface area contributed by atoms with Gasteiger partial charge in [0.25, 0.3) is 0 Å². The van der Waals surface area contributed by atoms with Crippen molar-refractivity contribution in [1.29, 1.82) is 0 Å². The number of aryl methyl sites for hydroxylation is 1. The van der Waals surface area contributed by atoms with Gasteiger partial charge in [0.15, 0.2) is 5.75 Å². The maximum Gasteiger partial charge on any atom is 0.342 e. The standard InChI is InChI=1S/C28H24N2O6S/c1-20-12-15-24(16-13-20)37(33,34)36-26-18-23(30-28(32)29-22-10-6-3-7-11-22)14-17-25(26)27(31)35-19-21-8-4-2-5-9-21/h2-18H,19H2,1H3,(H2,29,30,32). The van der Waals surface area contributed by atoms with Crippen molar-refractivity contribution in [2.24, 2.45) is 0 Å². The minimum Gasteiger partial charge on any atom is -0.457 e. The van der Waals surface area contributed by atoms with Crippen molar-refractivity contribution in [3.05, 3.63) is 120 Å². The van der Waals surface area contributed by atoms with E-state index < -0.39 is 22.1 Å². The van der Waals surface area contributed by atoms with Crippen LogP contribution >= 0.6 is 0 Å². The maximum absolute atomic E-state index is 13.0. The summed E-state index contributed by atoms with van der Waals surface area (Å²) in [7, 11) is -4.28. The summed E-state index contributed by atoms with van der Waals surface area (Å²) in [6.45, 7) is 1.82. The van der Waals surface area contributed by atoms with Crippen molar-refractivity contribution in [3.8, 4) is 5.75 Å². The Morgan fingerprint density at radius 3 is 2.05 bits per heavy atom. The molecule has 9 heteroatoms. The molecule has 0 radical (unpaired) electrons. The van der Waals surface area contributed by atoms with Crippen LogP contribution in [-0.4, -0.2) is 20.4 Å². The molecule has 0 fully saturated rings. The predicted octanol–water partition coefficient (Wildman–Crippen LogP) is 5.76. The number of nitrogens with one attached hydrogen (secondary N) is 2. The normalized spacial score (nSPS) is 10.8. The average molecular weight is 517 g/mol. The second kappa shape index (κ2) is 11.4. The maximum atomic E-state index is 13.0. The molecule has 0 heterocycles. The van der Waals surface area contributed by atoms with Gasteiger partial charge in [-0.25, -0.2) is 9.59 Å². The fourth-order valence-electron chi connectivity index (χ4n) is 3.32. The van der Waals surface area contributed by atoms with Crippen LogP contribution in [0.4, 0.5) is 16.2 Å². The minimum atomic E-state index is -4.28. The SMILES string of the molecule is Cc1ccc(S(=O)(=O)Oc2cc(NC(=O)Nc3ccccc3)ccc2C(=O)OCc2ccccc2)cc1. The van der Waals surface area contributed by atoms with Gasteiger partial charge in [-0.2, -0.15) is 8.42 Å². The van der Waals surface area contributed by atoms with Gasteiger partial charge < -0.3 is 19.6 Å². The highest BCUT2D eigenvalue weighted by atomic mass is 32.2. The number of rotatable bonds is 8. The zero-order valence-electron chi connectivity index (χ0n) is 19.9. The molecule has 4 aromatic carbocycles. The van der Waals surface area contributed by atoms with Crippen LogP contribution in [0.5, 0.6) is 5.75 Å². The molecule has 37 heavy (non-hydrogen) atoms. The number of ether oxygens (including phenoxy) is 1. The molecular formula is C28H24N2O6S. The summed E-state index contributed by atoms with van der Waals surface area (Å²) in [5.74, 6) is -1.06. The first-order valence-corrected chi connectivity index (χ1v) is 12.7. The molecule has 0 saturated heterocycles. The number of amides is 2. The van der Waals surface area contributed by atoms with E-state index in [4.69, 9.17) is 8.92 Å². The monoisotopic (exact) mass is 516 g/mol. The molecule has 2 amide bonds. The molecule has 0 aliphatic carbocycles. The van der Waals surface area contributed by atoms with E-state index in [1.165, 1.54) is 30.3 Å². The van der Waals surface area contributed by atoms with Gasteiger partial charge in [-0.15, -0.1) is 0 Å². The lowest BCUT2D eigenvalue weighted by Gasteiger charge is -2.14. The molecule has 8 nitrogen and oxygen atoms in total. The van der Waals surface area contributed by atoms with Crippen LogP contribution in [0, 0.1) is 6.92 Å². The molecule has 0 aliphatic heterocycles. The van der Waals surface area contributed by atoms with Crippen molar-refractivity contribution in [1.82, 2.24) is 0 Å². The highest BCUT2D eigenvalue weighted by Gasteiger charge is 2.23. The highest BCUT2D eigenvalue weighted by Crippen LogP contribution is 2.28. The molecule has 4 aromatic rings. The summed E-state index contributed by atoms with van der Waals surface area (Å²) in [6.07, 6.45) is 0. The fraction of sp³-hybridized carbons (Fsp3) is 0.0714. The topological polar surface area (TPSA) is 111 Å². The van der Waals surface area contributed by atoms with Crippen LogP contribution in [0.15, 0.2) is 108 Å². The van der Waals surface area contributed by atoms with Gasteiger partial charge in [0, 0.05) is 17.4 Å². The molecule has 0 bridgehead atoms. The fourth-order valence-corrected chi connectivity index (χ4v) is 4.26. The van der Waals surface area contributed by atoms with Gasteiger partial charge in [-0.3, -0.25) is 0 Å². The quantitative estimate of drug-likeness (QED) is 0.227. The second-order valence-electron chi connectivity index (χ2n) is 8.07. The third-order valence-corrected chi connectivity index (χ3v) is 6.46. The second-order valence-corrected chi connectivity index (χ2v) is 9.61. The zero-order chi connectivity index (χ0) is 26.3. The molecule has 0 aliphatic rings. The number of carbonyl (C=O) groups is 2. The summed E-state index contributed by atoms with van der Waals surface area (Å²) in [6, 6.07) is 27.4. The van der Waals surface area contributed by atoms with Crippen molar-refractivity contribution in [2.75, 3.05) is 10.6 Å². The number of benzene rings is 4. The minimum absolute atomic E-state index is 0.0106. The van der Waals surface area contributed by atoms with Crippen molar-refractivity contribution < 1.29 is 26.9 Å². The summed E-state index contributed by atoms with van der Waals surface area (Å²) in [4.78, 5) is 25.2. The van der Waals surface area contributed by atoms with E-state index in [9.17, 15) is 18.0 Å². The number of anilines is 2. The molecular weight excluding hydrogens is 492 g/mol. The number of urea groups is 1. The Morgan fingerprint density at radius 1 is 0.757 bits per heavy atom. The number of para-hydroxylation sites is 1. The Kier molecular flexibility index (Phi) is 7.85. The Bertz CT molecular complexity index is 1490. The third-order valence-electron chi connectivity index (χ3n) is 5.21. The van der Waals surface area contributed by atoms with Gasteiger partial charge in [-0.05, 0) is 48.9 Å². The first-order chi connectivity index (χ1) is 17.8. The van der Waals surface area contributed by atoms with Gasteiger partial charge >= 0.3 is 22.1 Å². The zero-order valence-corrected chi connectivity index (χ0v) is 20.7. The Morgan fingerprint density at radius 2 is 1.38 bits per heavy atom. The molecule has 0 atom stereocenters. The van der Waals surface area contributed by atoms with Crippen LogP contribution < -0.4 is 14.8 Å². The Labute approximate surface area is 215 Å². The molecule has 2 N–H and O–H groups in total. The van der Waals surface area contributed by atoms with E-state index in [0.717, 1.165) is 11.1 Å². The van der Waals surface area contributed by atoms with E-state index in [0.29, 0.717) is 5.69 Å². The largest absolute Gasteiger partial charge is 0.457 e. The average Bonchev–Trinajstić information content (AvgIpc) is 2.88. The van der Waals surface area contributed by atoms with Gasteiger partial charge in [0.1, 0.15) is 17.1 Å². The summed E-state index contributed by atoms with van der Waals surface area (Å²) < 4.78 is 36.7. The van der Waals surface area contributed by atoms with E-state index >= 15 is 0 Å². The summed E-state index contributed by atoms with van der Waals surface area (Å²) in [5.41, 5.74) is 2.31. The van der Waals surface area contributed by atoms with Crippen LogP contribution in [0.2, 0.25) is 0 Å². The number of hydrogen-bond donors (Lipinski definition) is 2.